The minimum atomic E-state index is -0.403. The topological polar surface area (TPSA) is 47.6 Å². The van der Waals surface area contributed by atoms with Crippen LogP contribution in [0.25, 0.3) is 5.57 Å². The number of fused-ring (bicyclic) bond motifs is 1. The molecule has 0 atom stereocenters. The summed E-state index contributed by atoms with van der Waals surface area (Å²) in [5, 5.41) is 3.46. The molecule has 0 fully saturated rings. The maximum Gasteiger partial charge on any atom is 0.343 e. The minimum absolute atomic E-state index is 0.0874. The third kappa shape index (κ3) is 3.27. The zero-order valence-electron chi connectivity index (χ0n) is 14.3. The van der Waals surface area contributed by atoms with Crippen LogP contribution in [0.15, 0.2) is 48.5 Å². The monoisotopic (exact) mass is 323 g/mol. The van der Waals surface area contributed by atoms with Gasteiger partial charge in [0.05, 0.1) is 18.2 Å². The summed E-state index contributed by atoms with van der Waals surface area (Å²) in [5.74, 6) is 0.746. The fourth-order valence-corrected chi connectivity index (χ4v) is 2.94. The van der Waals surface area contributed by atoms with Gasteiger partial charge in [0.2, 0.25) is 0 Å². The van der Waals surface area contributed by atoms with Crippen molar-refractivity contribution in [3.63, 3.8) is 0 Å². The second kappa shape index (κ2) is 6.04. The number of anilines is 1. The Morgan fingerprint density at radius 1 is 1.08 bits per heavy atom. The van der Waals surface area contributed by atoms with Crippen LogP contribution in [0.2, 0.25) is 0 Å². The van der Waals surface area contributed by atoms with Crippen molar-refractivity contribution in [3.05, 3.63) is 59.7 Å². The molecule has 4 heteroatoms. The van der Waals surface area contributed by atoms with Gasteiger partial charge in [0.25, 0.3) is 0 Å². The second-order valence-corrected chi connectivity index (χ2v) is 6.50. The van der Waals surface area contributed by atoms with Gasteiger partial charge in [-0.2, -0.15) is 0 Å². The highest BCUT2D eigenvalue weighted by Gasteiger charge is 2.23. The van der Waals surface area contributed by atoms with Gasteiger partial charge in [-0.25, -0.2) is 4.79 Å². The Bertz CT molecular complexity index is 821. The summed E-state index contributed by atoms with van der Waals surface area (Å²) in [6.45, 7) is 6.31. The van der Waals surface area contributed by atoms with Crippen LogP contribution < -0.4 is 14.8 Å². The van der Waals surface area contributed by atoms with Gasteiger partial charge in [-0.3, -0.25) is 0 Å². The van der Waals surface area contributed by atoms with Crippen LogP contribution in [-0.4, -0.2) is 18.6 Å². The molecule has 0 spiro atoms. The number of hydrogen-bond acceptors (Lipinski definition) is 4. The smallest absolute Gasteiger partial charge is 0.343 e. The fraction of sp³-hybridized carbons (Fsp3) is 0.250. The maximum atomic E-state index is 12.3. The van der Waals surface area contributed by atoms with E-state index in [1.807, 2.05) is 12.1 Å². The molecule has 0 aromatic heterocycles. The van der Waals surface area contributed by atoms with Crippen molar-refractivity contribution >= 4 is 17.2 Å². The molecule has 1 aliphatic heterocycles. The highest BCUT2D eigenvalue weighted by atomic mass is 16.5. The number of allylic oxidation sites excluding steroid dienone is 1. The van der Waals surface area contributed by atoms with E-state index in [-0.39, 0.29) is 5.54 Å². The molecule has 0 saturated heterocycles. The second-order valence-electron chi connectivity index (χ2n) is 6.50. The van der Waals surface area contributed by atoms with Gasteiger partial charge >= 0.3 is 5.97 Å². The molecule has 1 heterocycles. The largest absolute Gasteiger partial charge is 0.497 e. The van der Waals surface area contributed by atoms with Crippen molar-refractivity contribution in [2.24, 2.45) is 0 Å². The summed E-state index contributed by atoms with van der Waals surface area (Å²) in [6, 6.07) is 12.6. The zero-order chi connectivity index (χ0) is 17.3. The summed E-state index contributed by atoms with van der Waals surface area (Å²) in [4.78, 5) is 12.3. The lowest BCUT2D eigenvalue weighted by molar-refractivity contribution is 0.0734. The van der Waals surface area contributed by atoms with Gasteiger partial charge in [-0.1, -0.05) is 12.1 Å². The summed E-state index contributed by atoms with van der Waals surface area (Å²) < 4.78 is 10.7. The predicted molar refractivity (Wildman–Crippen MR) is 95.7 cm³/mol. The van der Waals surface area contributed by atoms with Crippen LogP contribution >= 0.6 is 0 Å². The van der Waals surface area contributed by atoms with E-state index >= 15 is 0 Å². The normalized spacial score (nSPS) is 14.9. The third-order valence-electron chi connectivity index (χ3n) is 3.97. The molecule has 0 unspecified atom stereocenters. The van der Waals surface area contributed by atoms with E-state index in [9.17, 15) is 4.79 Å². The van der Waals surface area contributed by atoms with Crippen LogP contribution in [0.5, 0.6) is 11.5 Å². The molecular formula is C20H21NO3. The van der Waals surface area contributed by atoms with Crippen molar-refractivity contribution in [1.82, 2.24) is 0 Å². The molecule has 0 amide bonds. The first kappa shape index (κ1) is 16.1. The molecule has 2 aromatic rings. The first-order valence-electron chi connectivity index (χ1n) is 7.86. The van der Waals surface area contributed by atoms with E-state index in [0.29, 0.717) is 17.1 Å². The predicted octanol–water partition coefficient (Wildman–Crippen LogP) is 4.52. The number of carbonyl (C=O) groups is 1. The number of benzene rings is 2. The number of methoxy groups -OCH3 is 1. The van der Waals surface area contributed by atoms with E-state index in [4.69, 9.17) is 9.47 Å². The standard InChI is InChI=1S/C20H21NO3/c1-13-12-20(2,3)21-18-9-8-16(11-17(13)18)24-19(22)14-6-5-7-15(10-14)23-4/h5-12,21H,1-4H3. The minimum Gasteiger partial charge on any atom is -0.497 e. The SMILES string of the molecule is COc1cccc(C(=O)Oc2ccc3c(c2)C(C)=CC(C)(C)N3)c1. The number of carbonyl (C=O) groups excluding carboxylic acids is 1. The van der Waals surface area contributed by atoms with E-state index in [1.165, 1.54) is 0 Å². The van der Waals surface area contributed by atoms with E-state index < -0.39 is 5.97 Å². The molecule has 0 radical (unpaired) electrons. The van der Waals surface area contributed by atoms with Crippen molar-refractivity contribution < 1.29 is 14.3 Å². The number of hydrogen-bond donors (Lipinski definition) is 1. The molecule has 3 rings (SSSR count). The molecule has 4 nitrogen and oxygen atoms in total. The van der Waals surface area contributed by atoms with Crippen LogP contribution in [0.3, 0.4) is 0 Å². The van der Waals surface area contributed by atoms with E-state index in [1.54, 1.807) is 37.4 Å². The highest BCUT2D eigenvalue weighted by molar-refractivity contribution is 5.92. The van der Waals surface area contributed by atoms with Crippen molar-refractivity contribution in [1.29, 1.82) is 0 Å². The third-order valence-corrected chi connectivity index (χ3v) is 3.97. The maximum absolute atomic E-state index is 12.3. The fourth-order valence-electron chi connectivity index (χ4n) is 2.94. The molecule has 124 valence electrons. The van der Waals surface area contributed by atoms with Crippen LogP contribution in [-0.2, 0) is 0 Å². The lowest BCUT2D eigenvalue weighted by atomic mass is 9.91. The summed E-state index contributed by atoms with van der Waals surface area (Å²) in [5.41, 5.74) is 3.62. The first-order valence-corrected chi connectivity index (χ1v) is 7.86. The average molecular weight is 323 g/mol. The number of esters is 1. The number of ether oxygens (including phenoxy) is 2. The lowest BCUT2D eigenvalue weighted by Crippen LogP contribution is -2.31. The van der Waals surface area contributed by atoms with Crippen LogP contribution in [0, 0.1) is 0 Å². The van der Waals surface area contributed by atoms with Gasteiger partial charge in [0.1, 0.15) is 11.5 Å². The Hall–Kier alpha value is -2.75. The summed E-state index contributed by atoms with van der Waals surface area (Å²) >= 11 is 0. The lowest BCUT2D eigenvalue weighted by Gasteiger charge is -2.31. The van der Waals surface area contributed by atoms with Gasteiger partial charge in [0, 0.05) is 11.3 Å². The summed E-state index contributed by atoms with van der Waals surface area (Å²) in [6.07, 6.45) is 2.17. The Balaban J connectivity index is 1.84. The van der Waals surface area contributed by atoms with Gasteiger partial charge in [0.15, 0.2) is 0 Å². The number of rotatable bonds is 3. The average Bonchev–Trinajstić information content (AvgIpc) is 2.54. The molecule has 0 aliphatic carbocycles. The Labute approximate surface area is 142 Å². The summed E-state index contributed by atoms with van der Waals surface area (Å²) in [7, 11) is 1.57. The van der Waals surface area contributed by atoms with Crippen molar-refractivity contribution in [2.75, 3.05) is 12.4 Å². The molecule has 1 N–H and O–H groups in total. The van der Waals surface area contributed by atoms with Gasteiger partial charge < -0.3 is 14.8 Å². The zero-order valence-corrected chi connectivity index (χ0v) is 14.3. The molecule has 0 bridgehead atoms. The quantitative estimate of drug-likeness (QED) is 0.666. The van der Waals surface area contributed by atoms with Crippen LogP contribution in [0.4, 0.5) is 5.69 Å². The van der Waals surface area contributed by atoms with Gasteiger partial charge in [-0.05, 0) is 62.7 Å². The van der Waals surface area contributed by atoms with E-state index in [0.717, 1.165) is 16.8 Å². The van der Waals surface area contributed by atoms with Gasteiger partial charge in [-0.15, -0.1) is 0 Å². The molecule has 1 aliphatic rings. The first-order chi connectivity index (χ1) is 11.4. The number of nitrogens with one attached hydrogen (secondary N) is 1. The highest BCUT2D eigenvalue weighted by Crippen LogP contribution is 2.35. The molecule has 0 saturated carbocycles. The molecule has 24 heavy (non-hydrogen) atoms. The Morgan fingerprint density at radius 2 is 1.88 bits per heavy atom. The molecular weight excluding hydrogens is 302 g/mol. The van der Waals surface area contributed by atoms with E-state index in [2.05, 4.69) is 32.2 Å². The van der Waals surface area contributed by atoms with Crippen molar-refractivity contribution in [3.8, 4) is 11.5 Å². The Morgan fingerprint density at radius 3 is 2.62 bits per heavy atom. The van der Waals surface area contributed by atoms with Crippen LogP contribution in [0.1, 0.15) is 36.7 Å². The molecule has 2 aromatic carbocycles. The Kier molecular flexibility index (Phi) is 4.06. The van der Waals surface area contributed by atoms with Crippen molar-refractivity contribution in [2.45, 2.75) is 26.3 Å².